The number of ether oxygens (including phenoxy) is 1. The van der Waals surface area contributed by atoms with E-state index in [2.05, 4.69) is 15.4 Å². The van der Waals surface area contributed by atoms with Crippen LogP contribution in [0.4, 0.5) is 15.8 Å². The van der Waals surface area contributed by atoms with E-state index in [0.29, 0.717) is 18.7 Å². The van der Waals surface area contributed by atoms with Crippen LogP contribution in [0.1, 0.15) is 27.2 Å². The van der Waals surface area contributed by atoms with Gasteiger partial charge in [-0.1, -0.05) is 0 Å². The molecule has 0 radical (unpaired) electrons. The van der Waals surface area contributed by atoms with Gasteiger partial charge in [-0.3, -0.25) is 4.79 Å². The highest BCUT2D eigenvalue weighted by atomic mass is 32.2. The lowest BCUT2D eigenvalue weighted by molar-refractivity contribution is -0.118. The molecule has 3 N–H and O–H groups in total. The molecule has 6 nitrogen and oxygen atoms in total. The van der Waals surface area contributed by atoms with Gasteiger partial charge in [0.15, 0.2) is 0 Å². The smallest absolute Gasteiger partial charge is 0.241 e. The van der Waals surface area contributed by atoms with Gasteiger partial charge in [-0.25, -0.2) is 9.11 Å². The summed E-state index contributed by atoms with van der Waals surface area (Å²) in [5.41, 5.74) is 0.535. The van der Waals surface area contributed by atoms with Crippen molar-refractivity contribution in [3.8, 4) is 0 Å². The van der Waals surface area contributed by atoms with E-state index in [1.165, 1.54) is 18.2 Å². The predicted octanol–water partition coefficient (Wildman–Crippen LogP) is 2.02. The van der Waals surface area contributed by atoms with Crippen molar-refractivity contribution in [3.63, 3.8) is 0 Å². The first-order valence-electron chi connectivity index (χ1n) is 7.76. The normalized spacial score (nSPS) is 22.2. The summed E-state index contributed by atoms with van der Waals surface area (Å²) in [6.07, 6.45) is 0.517. The Balaban J connectivity index is 2.05. The number of benzene rings is 1. The summed E-state index contributed by atoms with van der Waals surface area (Å²) in [6.45, 7) is 6.09. The standard InChI is InChI=1S/C16H24FN3O3S/c1-16(2,3)24(22)20-10-5-6-12(17)13(7-10)19-15(21)14-8-11(23-4)9-18-14/h5-7,11,14,18,20H,8-9H2,1-4H3,(H,19,21)/t11-,14-,24?/m1/s1. The monoisotopic (exact) mass is 357 g/mol. The fraction of sp³-hybridized carbons (Fsp3) is 0.562. The van der Waals surface area contributed by atoms with Crippen molar-refractivity contribution < 1.29 is 18.5 Å². The van der Waals surface area contributed by atoms with Crippen molar-refractivity contribution in [2.75, 3.05) is 23.7 Å². The second-order valence-corrected chi connectivity index (χ2v) is 8.69. The van der Waals surface area contributed by atoms with E-state index in [1.807, 2.05) is 20.8 Å². The highest BCUT2D eigenvalue weighted by molar-refractivity contribution is 7.94. The van der Waals surface area contributed by atoms with Gasteiger partial charge in [0.25, 0.3) is 0 Å². The van der Waals surface area contributed by atoms with E-state index in [1.54, 1.807) is 7.11 Å². The maximum atomic E-state index is 14.0. The minimum atomic E-state index is -1.34. The molecule has 0 spiro atoms. The van der Waals surface area contributed by atoms with Gasteiger partial charge in [-0.2, -0.15) is 0 Å². The molecule has 1 heterocycles. The summed E-state index contributed by atoms with van der Waals surface area (Å²) in [6, 6.07) is 3.75. The average Bonchev–Trinajstić information content (AvgIpc) is 2.98. The molecule has 2 rings (SSSR count). The van der Waals surface area contributed by atoms with Crippen LogP contribution in [0.5, 0.6) is 0 Å². The van der Waals surface area contributed by atoms with Gasteiger partial charge in [0.1, 0.15) is 10.6 Å². The molecule has 134 valence electrons. The van der Waals surface area contributed by atoms with Crippen LogP contribution in [-0.2, 0) is 20.9 Å². The molecule has 1 fully saturated rings. The maximum Gasteiger partial charge on any atom is 0.241 e. The zero-order valence-electron chi connectivity index (χ0n) is 14.3. The molecule has 1 unspecified atom stereocenters. The number of amides is 1. The van der Waals surface area contributed by atoms with Crippen LogP contribution in [0.2, 0.25) is 0 Å². The first-order chi connectivity index (χ1) is 11.2. The minimum Gasteiger partial charge on any atom is -0.593 e. The van der Waals surface area contributed by atoms with Crippen molar-refractivity contribution in [3.05, 3.63) is 24.0 Å². The lowest BCUT2D eigenvalue weighted by Gasteiger charge is -2.24. The number of nitrogens with one attached hydrogen (secondary N) is 3. The van der Waals surface area contributed by atoms with Crippen LogP contribution >= 0.6 is 0 Å². The molecule has 1 aromatic carbocycles. The highest BCUT2D eigenvalue weighted by Crippen LogP contribution is 2.24. The summed E-state index contributed by atoms with van der Waals surface area (Å²) in [5, 5.41) is 5.62. The van der Waals surface area contributed by atoms with E-state index < -0.39 is 28.0 Å². The molecule has 3 atom stereocenters. The first kappa shape index (κ1) is 19.0. The highest BCUT2D eigenvalue weighted by Gasteiger charge is 2.30. The topological polar surface area (TPSA) is 85.5 Å². The van der Waals surface area contributed by atoms with Crippen LogP contribution in [0, 0.1) is 5.82 Å². The Labute approximate surface area is 144 Å². The number of hydrogen-bond donors (Lipinski definition) is 3. The van der Waals surface area contributed by atoms with E-state index in [9.17, 15) is 13.7 Å². The van der Waals surface area contributed by atoms with Gasteiger partial charge in [0, 0.05) is 13.7 Å². The number of halogens is 1. The Morgan fingerprint density at radius 1 is 1.46 bits per heavy atom. The van der Waals surface area contributed by atoms with Crippen LogP contribution < -0.4 is 15.4 Å². The Bertz CT molecular complexity index is 594. The van der Waals surface area contributed by atoms with Gasteiger partial charge >= 0.3 is 0 Å². The summed E-state index contributed by atoms with van der Waals surface area (Å²) < 4.78 is 33.7. The number of hydrogen-bond acceptors (Lipinski definition) is 5. The van der Waals surface area contributed by atoms with Gasteiger partial charge < -0.3 is 19.9 Å². The molecular weight excluding hydrogens is 333 g/mol. The van der Waals surface area contributed by atoms with E-state index in [-0.39, 0.29) is 17.7 Å². The Hall–Kier alpha value is -1.35. The second kappa shape index (κ2) is 7.69. The van der Waals surface area contributed by atoms with Crippen LogP contribution in [0.15, 0.2) is 18.2 Å². The average molecular weight is 357 g/mol. The molecule has 0 aliphatic carbocycles. The van der Waals surface area contributed by atoms with Crippen molar-refractivity contribution >= 4 is 28.6 Å². The molecule has 1 aromatic rings. The largest absolute Gasteiger partial charge is 0.593 e. The summed E-state index contributed by atoms with van der Waals surface area (Å²) in [5.74, 6) is -0.862. The van der Waals surface area contributed by atoms with Crippen LogP contribution in [-0.4, -0.2) is 41.0 Å². The molecule has 1 amide bonds. The number of rotatable bonds is 5. The van der Waals surface area contributed by atoms with E-state index in [4.69, 9.17) is 4.74 Å². The lowest BCUT2D eigenvalue weighted by Crippen LogP contribution is -2.36. The van der Waals surface area contributed by atoms with Gasteiger partial charge in [-0.15, -0.1) is 0 Å². The third-order valence-electron chi connectivity index (χ3n) is 3.73. The minimum absolute atomic E-state index is 0.0206. The quantitative estimate of drug-likeness (QED) is 0.702. The summed E-state index contributed by atoms with van der Waals surface area (Å²) >= 11 is -1.34. The molecule has 0 bridgehead atoms. The maximum absolute atomic E-state index is 14.0. The molecule has 1 saturated heterocycles. The van der Waals surface area contributed by atoms with E-state index in [0.717, 1.165) is 0 Å². The number of anilines is 2. The zero-order chi connectivity index (χ0) is 17.9. The van der Waals surface area contributed by atoms with Crippen molar-refractivity contribution in [1.82, 2.24) is 5.32 Å². The van der Waals surface area contributed by atoms with Gasteiger partial charge in [0.05, 0.1) is 34.9 Å². The molecule has 8 heteroatoms. The molecule has 0 saturated carbocycles. The first-order valence-corrected chi connectivity index (χ1v) is 8.91. The summed E-state index contributed by atoms with van der Waals surface area (Å²) in [4.78, 5) is 12.2. The molecule has 0 aromatic heterocycles. The zero-order valence-corrected chi connectivity index (χ0v) is 15.1. The SMILES string of the molecule is CO[C@H]1CN[C@@H](C(=O)Nc2cc(N[S+]([O-])C(C)(C)C)ccc2F)C1. The molecule has 1 aliphatic rings. The molecule has 1 aliphatic heterocycles. The number of carbonyl (C=O) groups excluding carboxylic acids is 1. The van der Waals surface area contributed by atoms with Crippen LogP contribution in [0.25, 0.3) is 0 Å². The third kappa shape index (κ3) is 4.83. The Morgan fingerprint density at radius 2 is 2.17 bits per heavy atom. The third-order valence-corrected chi connectivity index (χ3v) is 5.26. The van der Waals surface area contributed by atoms with Crippen molar-refractivity contribution in [1.29, 1.82) is 0 Å². The number of methoxy groups -OCH3 is 1. The van der Waals surface area contributed by atoms with Crippen LogP contribution in [0.3, 0.4) is 0 Å². The predicted molar refractivity (Wildman–Crippen MR) is 93.8 cm³/mol. The fourth-order valence-corrected chi connectivity index (χ4v) is 2.89. The second-order valence-electron chi connectivity index (χ2n) is 6.72. The lowest BCUT2D eigenvalue weighted by atomic mass is 10.2. The van der Waals surface area contributed by atoms with Gasteiger partial charge in [-0.05, 0) is 45.4 Å². The fourth-order valence-electron chi connectivity index (χ4n) is 2.25. The van der Waals surface area contributed by atoms with Crippen molar-refractivity contribution in [2.24, 2.45) is 0 Å². The van der Waals surface area contributed by atoms with Crippen molar-refractivity contribution in [2.45, 2.75) is 44.1 Å². The summed E-state index contributed by atoms with van der Waals surface area (Å²) in [7, 11) is 1.59. The van der Waals surface area contributed by atoms with E-state index >= 15 is 0 Å². The molecular formula is C16H24FN3O3S. The number of carbonyl (C=O) groups is 1. The molecule has 24 heavy (non-hydrogen) atoms. The van der Waals surface area contributed by atoms with Gasteiger partial charge in [0.2, 0.25) is 5.91 Å². The Morgan fingerprint density at radius 3 is 2.75 bits per heavy atom. The Kier molecular flexibility index (Phi) is 6.08.